The summed E-state index contributed by atoms with van der Waals surface area (Å²) >= 11 is 2.94. The van der Waals surface area contributed by atoms with Gasteiger partial charge in [0.2, 0.25) is 0 Å². The fourth-order valence-corrected chi connectivity index (χ4v) is 0.750. The second-order valence-corrected chi connectivity index (χ2v) is 1.91. The minimum Gasteiger partial charge on any atom is 0 e. The summed E-state index contributed by atoms with van der Waals surface area (Å²) in [4.78, 5) is 0. The quantitative estimate of drug-likeness (QED) is 0.684. The topological polar surface area (TPSA) is 0 Å². The van der Waals surface area contributed by atoms with Crippen LogP contribution in [0.25, 0.3) is 0 Å². The van der Waals surface area contributed by atoms with Crippen molar-refractivity contribution in [2.24, 2.45) is 0 Å². The van der Waals surface area contributed by atoms with Crippen LogP contribution in [0.1, 0.15) is 34.6 Å². The Bertz CT molecular complexity index is 16.0. The molecule has 53 valence electrons. The van der Waals surface area contributed by atoms with Gasteiger partial charge in [-0.1, -0.05) is 14.9 Å². The molecule has 0 fully saturated rings. The molecule has 0 aromatic rings. The number of unbranched alkanes of at least 4 members (excludes halogenated alkanes) is 1. The van der Waals surface area contributed by atoms with Crippen LogP contribution in [0, 0.1) is 0 Å². The van der Waals surface area contributed by atoms with E-state index in [1.807, 2.05) is 0 Å². The molecule has 0 aromatic heterocycles. The molecular weight excluding hydrogens is 273 g/mol. The van der Waals surface area contributed by atoms with E-state index in [0.29, 0.717) is 0 Å². The van der Waals surface area contributed by atoms with Crippen molar-refractivity contribution in [1.82, 2.24) is 0 Å². The maximum atomic E-state index is 2.94. The van der Waals surface area contributed by atoms with Crippen LogP contribution in [-0.2, 0) is 0 Å². The van der Waals surface area contributed by atoms with Crippen LogP contribution in [0.2, 0.25) is 5.32 Å². The molecule has 0 rings (SSSR count). The SMILES string of the molecule is C.C.CCCC[Se-].[Sb]. The molecule has 0 spiro atoms. The molecule has 0 aliphatic rings. The molecule has 0 amide bonds. The van der Waals surface area contributed by atoms with Crippen molar-refractivity contribution in [3.63, 3.8) is 0 Å². The zero-order valence-electron chi connectivity index (χ0n) is 3.98. The third-order valence-corrected chi connectivity index (χ3v) is 1.10. The number of rotatable bonds is 2. The number of hydrogen-bond donors (Lipinski definition) is 0. The van der Waals surface area contributed by atoms with Gasteiger partial charge < -0.3 is 0 Å². The van der Waals surface area contributed by atoms with Gasteiger partial charge in [-0.3, -0.25) is 0 Å². The van der Waals surface area contributed by atoms with Crippen LogP contribution < -0.4 is 0 Å². The average Bonchev–Trinajstić information content (AvgIpc) is 1.41. The Morgan fingerprint density at radius 3 is 1.62 bits per heavy atom. The molecule has 0 atom stereocenters. The van der Waals surface area contributed by atoms with Gasteiger partial charge in [-0.05, 0) is 0 Å². The summed E-state index contributed by atoms with van der Waals surface area (Å²) in [5.41, 5.74) is 0. The van der Waals surface area contributed by atoms with E-state index < -0.39 is 0 Å². The van der Waals surface area contributed by atoms with Crippen LogP contribution in [0.4, 0.5) is 0 Å². The van der Waals surface area contributed by atoms with E-state index >= 15 is 0 Å². The van der Waals surface area contributed by atoms with Crippen molar-refractivity contribution in [1.29, 1.82) is 0 Å². The molecule has 0 aliphatic carbocycles. The minimum atomic E-state index is 0. The van der Waals surface area contributed by atoms with Gasteiger partial charge in [0.25, 0.3) is 0 Å². The Labute approximate surface area is 80.1 Å². The Balaban J connectivity index is -0.0000000267. The predicted octanol–water partition coefficient (Wildman–Crippen LogP) is 2.26. The zero-order chi connectivity index (χ0) is 4.12. The van der Waals surface area contributed by atoms with E-state index in [0.717, 1.165) is 0 Å². The van der Waals surface area contributed by atoms with E-state index in [4.69, 9.17) is 0 Å². The van der Waals surface area contributed by atoms with E-state index in [1.54, 1.807) is 0 Å². The minimum absolute atomic E-state index is 0. The van der Waals surface area contributed by atoms with Crippen LogP contribution >= 0.6 is 0 Å². The van der Waals surface area contributed by atoms with Gasteiger partial charge in [0.1, 0.15) is 0 Å². The molecule has 0 unspecified atom stereocenters. The molecule has 3 radical (unpaired) electrons. The van der Waals surface area contributed by atoms with Crippen molar-refractivity contribution < 1.29 is 0 Å². The van der Waals surface area contributed by atoms with Crippen molar-refractivity contribution in [2.75, 3.05) is 0 Å². The van der Waals surface area contributed by atoms with Crippen LogP contribution in [0.15, 0.2) is 0 Å². The average molecular weight is 290 g/mol. The summed E-state index contributed by atoms with van der Waals surface area (Å²) in [5, 5.41) is 1.22. The summed E-state index contributed by atoms with van der Waals surface area (Å²) in [6, 6.07) is 0. The van der Waals surface area contributed by atoms with Crippen molar-refractivity contribution in [2.45, 2.75) is 39.9 Å². The van der Waals surface area contributed by atoms with Gasteiger partial charge in [0.15, 0.2) is 0 Å². The summed E-state index contributed by atoms with van der Waals surface area (Å²) in [6.07, 6.45) is 2.65. The smallest absolute Gasteiger partial charge is 0 e. The first kappa shape index (κ1) is 22.8. The van der Waals surface area contributed by atoms with Crippen LogP contribution in [0.3, 0.4) is 0 Å². The molecule has 0 bridgehead atoms. The second kappa shape index (κ2) is 23.9. The van der Waals surface area contributed by atoms with Gasteiger partial charge in [-0.2, -0.15) is 0 Å². The fourth-order valence-electron chi connectivity index (χ4n) is 0.144. The molecule has 0 N–H and O–H groups in total. The van der Waals surface area contributed by atoms with E-state index in [1.165, 1.54) is 18.2 Å². The predicted molar refractivity (Wildman–Crippen MR) is 44.7 cm³/mol. The third-order valence-electron chi connectivity index (χ3n) is 0.498. The molecule has 0 heterocycles. The maximum Gasteiger partial charge on any atom is 0 e. The van der Waals surface area contributed by atoms with Gasteiger partial charge in [-0.15, -0.1) is 0 Å². The molecule has 0 saturated heterocycles. The molecular formula is C6H17SbSe-. The Morgan fingerprint density at radius 1 is 1.25 bits per heavy atom. The van der Waals surface area contributed by atoms with Crippen LogP contribution in [0.5, 0.6) is 0 Å². The van der Waals surface area contributed by atoms with Gasteiger partial charge in [0.05, 0.1) is 0 Å². The number of hydrogen-bond acceptors (Lipinski definition) is 0. The van der Waals surface area contributed by atoms with E-state index in [9.17, 15) is 0 Å². The van der Waals surface area contributed by atoms with Gasteiger partial charge in [-0.25, -0.2) is 0 Å². The van der Waals surface area contributed by atoms with Gasteiger partial charge >= 0.3 is 41.1 Å². The molecule has 8 heavy (non-hydrogen) atoms. The maximum absolute atomic E-state index is 2.94. The largest absolute Gasteiger partial charge is 0 e. The fraction of sp³-hybridized carbons (Fsp3) is 1.00. The standard InChI is InChI=1S/C4H10Se.2CH4.Sb/c1-2-3-4-5;;;/h5H,2-4H2,1H3;2*1H4;/p-1. The van der Waals surface area contributed by atoms with E-state index in [2.05, 4.69) is 22.9 Å². The first-order chi connectivity index (χ1) is 2.41. The summed E-state index contributed by atoms with van der Waals surface area (Å²) < 4.78 is 0. The summed E-state index contributed by atoms with van der Waals surface area (Å²) in [6.45, 7) is 2.19. The molecule has 0 aliphatic heterocycles. The first-order valence-corrected chi connectivity index (χ1v) is 3.21. The molecule has 0 saturated carbocycles. The van der Waals surface area contributed by atoms with Crippen molar-refractivity contribution in [3.05, 3.63) is 0 Å². The first-order valence-electron chi connectivity index (χ1n) is 2.00. The Kier molecular flexibility index (Phi) is 67.9. The van der Waals surface area contributed by atoms with Gasteiger partial charge in [0, 0.05) is 24.4 Å². The van der Waals surface area contributed by atoms with Crippen molar-refractivity contribution >= 4 is 40.4 Å². The summed E-state index contributed by atoms with van der Waals surface area (Å²) in [5.74, 6) is 0. The van der Waals surface area contributed by atoms with Crippen LogP contribution in [-0.4, -0.2) is 40.4 Å². The zero-order valence-corrected chi connectivity index (χ0v) is 8.24. The van der Waals surface area contributed by atoms with Crippen molar-refractivity contribution in [3.8, 4) is 0 Å². The van der Waals surface area contributed by atoms with E-state index in [-0.39, 0.29) is 39.3 Å². The molecule has 0 nitrogen and oxygen atoms in total. The third kappa shape index (κ3) is 26.5. The Morgan fingerprint density at radius 2 is 1.62 bits per heavy atom. The summed E-state index contributed by atoms with van der Waals surface area (Å²) in [7, 11) is 0. The normalized spacial score (nSPS) is 5.25. The monoisotopic (exact) mass is 290 g/mol. The Hall–Kier alpha value is 1.34. The second-order valence-electron chi connectivity index (χ2n) is 1.06. The molecule has 0 aromatic carbocycles. The molecule has 2 heteroatoms.